The molecular weight excluding hydrogens is 388 g/mol. The first kappa shape index (κ1) is 23.0. The molecule has 1 aromatic rings. The summed E-state index contributed by atoms with van der Waals surface area (Å²) in [6.45, 7) is 7.56. The van der Waals surface area contributed by atoms with E-state index in [1.54, 1.807) is 45.3 Å². The van der Waals surface area contributed by atoms with Crippen LogP contribution in [0.25, 0.3) is 6.08 Å². The predicted octanol–water partition coefficient (Wildman–Crippen LogP) is 6.21. The number of benzene rings is 1. The molecule has 27 heavy (non-hydrogen) atoms. The molecule has 0 bridgehead atoms. The minimum atomic E-state index is -0.424. The van der Waals surface area contributed by atoms with Gasteiger partial charge in [0.2, 0.25) is 5.91 Å². The predicted molar refractivity (Wildman–Crippen MR) is 112 cm³/mol. The molecule has 1 amide bonds. The fraction of sp³-hybridized carbons (Fsp3) is 0.286. The second kappa shape index (κ2) is 11.0. The standard InChI is InChI=1S/C21H24Cl2FNO2/c1-6-25-20(26)11-13(2)7-10-18(24)14(3)8-9-16-17(22)12-19(27-5)15(4)21(16)23/h7-12H,6H2,1-5H3,(H,25,26)/b9-8+,10-7+,13-11+,18-14-. The average Bonchev–Trinajstić information content (AvgIpc) is 2.62. The zero-order valence-corrected chi connectivity index (χ0v) is 17.6. The summed E-state index contributed by atoms with van der Waals surface area (Å²) >= 11 is 12.6. The van der Waals surface area contributed by atoms with E-state index in [0.29, 0.717) is 39.0 Å². The molecule has 3 nitrogen and oxygen atoms in total. The molecule has 0 spiro atoms. The number of rotatable bonds is 7. The maximum atomic E-state index is 14.3. The molecule has 0 saturated carbocycles. The third-order valence-corrected chi connectivity index (χ3v) is 4.55. The van der Waals surface area contributed by atoms with Crippen molar-refractivity contribution in [1.29, 1.82) is 0 Å². The van der Waals surface area contributed by atoms with Gasteiger partial charge >= 0.3 is 0 Å². The highest BCUT2D eigenvalue weighted by molar-refractivity contribution is 6.38. The number of ether oxygens (including phenoxy) is 1. The summed E-state index contributed by atoms with van der Waals surface area (Å²) in [5.74, 6) is -0.0370. The number of nitrogens with one attached hydrogen (secondary N) is 1. The quantitative estimate of drug-likeness (QED) is 0.427. The first-order valence-electron chi connectivity index (χ1n) is 8.42. The number of methoxy groups -OCH3 is 1. The number of hydrogen-bond donors (Lipinski definition) is 1. The number of carbonyl (C=O) groups excluding carboxylic acids is 1. The first-order valence-corrected chi connectivity index (χ1v) is 9.18. The number of amides is 1. The van der Waals surface area contributed by atoms with Crippen molar-refractivity contribution in [2.24, 2.45) is 0 Å². The summed E-state index contributed by atoms with van der Waals surface area (Å²) in [4.78, 5) is 11.5. The Morgan fingerprint density at radius 3 is 2.52 bits per heavy atom. The fourth-order valence-electron chi connectivity index (χ4n) is 2.19. The fourth-order valence-corrected chi connectivity index (χ4v) is 2.75. The molecule has 0 saturated heterocycles. The van der Waals surface area contributed by atoms with E-state index in [0.717, 1.165) is 5.56 Å². The van der Waals surface area contributed by atoms with Crippen molar-refractivity contribution >= 4 is 35.2 Å². The lowest BCUT2D eigenvalue weighted by molar-refractivity contribution is -0.116. The Morgan fingerprint density at radius 1 is 1.26 bits per heavy atom. The van der Waals surface area contributed by atoms with Crippen molar-refractivity contribution in [3.05, 3.63) is 68.5 Å². The lowest BCUT2D eigenvalue weighted by Gasteiger charge is -2.10. The van der Waals surface area contributed by atoms with Gasteiger partial charge in [-0.05, 0) is 51.0 Å². The molecule has 0 aromatic heterocycles. The average molecular weight is 412 g/mol. The van der Waals surface area contributed by atoms with Gasteiger partial charge in [-0.15, -0.1) is 0 Å². The van der Waals surface area contributed by atoms with E-state index in [1.165, 1.54) is 12.2 Å². The highest BCUT2D eigenvalue weighted by Gasteiger charge is 2.11. The van der Waals surface area contributed by atoms with Crippen LogP contribution in [0.5, 0.6) is 5.75 Å². The maximum Gasteiger partial charge on any atom is 0.244 e. The number of carbonyl (C=O) groups is 1. The van der Waals surface area contributed by atoms with Gasteiger partial charge < -0.3 is 10.1 Å². The molecule has 0 unspecified atom stereocenters. The Labute approximate surface area is 170 Å². The van der Waals surface area contributed by atoms with Crippen LogP contribution in [0.2, 0.25) is 10.0 Å². The highest BCUT2D eigenvalue weighted by atomic mass is 35.5. The van der Waals surface area contributed by atoms with Crippen molar-refractivity contribution < 1.29 is 13.9 Å². The van der Waals surface area contributed by atoms with Crippen LogP contribution in [0, 0.1) is 6.92 Å². The highest BCUT2D eigenvalue weighted by Crippen LogP contribution is 2.36. The normalized spacial score (nSPS) is 13.3. The SMILES string of the molecule is CCNC(=O)/C=C(C)/C=C/C(F)=C(C)/C=C/c1c(Cl)cc(OC)c(C)c1Cl. The molecule has 0 aliphatic carbocycles. The van der Waals surface area contributed by atoms with E-state index in [9.17, 15) is 9.18 Å². The molecule has 6 heteroatoms. The number of hydrogen-bond acceptors (Lipinski definition) is 2. The molecule has 0 radical (unpaired) electrons. The number of allylic oxidation sites excluding steroid dienone is 6. The van der Waals surface area contributed by atoms with Crippen LogP contribution >= 0.6 is 23.2 Å². The van der Waals surface area contributed by atoms with Gasteiger partial charge in [0.25, 0.3) is 0 Å². The van der Waals surface area contributed by atoms with Gasteiger partial charge in [-0.2, -0.15) is 0 Å². The Hall–Kier alpha value is -2.04. The molecule has 0 atom stereocenters. The molecular formula is C21H24Cl2FNO2. The molecule has 0 heterocycles. The zero-order chi connectivity index (χ0) is 20.6. The van der Waals surface area contributed by atoms with Crippen LogP contribution in [0.15, 0.2) is 47.3 Å². The summed E-state index contributed by atoms with van der Waals surface area (Å²) < 4.78 is 19.5. The van der Waals surface area contributed by atoms with Gasteiger partial charge in [0, 0.05) is 23.7 Å². The lowest BCUT2D eigenvalue weighted by atomic mass is 10.1. The van der Waals surface area contributed by atoms with Crippen LogP contribution in [-0.2, 0) is 4.79 Å². The van der Waals surface area contributed by atoms with Crippen molar-refractivity contribution in [2.45, 2.75) is 27.7 Å². The van der Waals surface area contributed by atoms with E-state index in [-0.39, 0.29) is 5.91 Å². The molecule has 1 aromatic carbocycles. The van der Waals surface area contributed by atoms with Gasteiger partial charge in [-0.1, -0.05) is 41.4 Å². The second-order valence-electron chi connectivity index (χ2n) is 5.89. The minimum Gasteiger partial charge on any atom is -0.496 e. The van der Waals surface area contributed by atoms with E-state index in [4.69, 9.17) is 27.9 Å². The summed E-state index contributed by atoms with van der Waals surface area (Å²) in [5.41, 5.74) is 2.40. The van der Waals surface area contributed by atoms with Crippen LogP contribution in [-0.4, -0.2) is 19.6 Å². The monoisotopic (exact) mass is 411 g/mol. The van der Waals surface area contributed by atoms with Gasteiger partial charge in [-0.3, -0.25) is 4.79 Å². The molecule has 146 valence electrons. The molecule has 1 N–H and O–H groups in total. The largest absolute Gasteiger partial charge is 0.496 e. The number of halogens is 3. The molecule has 0 aliphatic heterocycles. The van der Waals surface area contributed by atoms with Crippen LogP contribution in [0.1, 0.15) is 31.9 Å². The van der Waals surface area contributed by atoms with E-state index < -0.39 is 5.83 Å². The summed E-state index contributed by atoms with van der Waals surface area (Å²) in [7, 11) is 1.54. The zero-order valence-electron chi connectivity index (χ0n) is 16.1. The Morgan fingerprint density at radius 2 is 1.93 bits per heavy atom. The van der Waals surface area contributed by atoms with Gasteiger partial charge in [0.05, 0.1) is 17.2 Å². The Kier molecular flexibility index (Phi) is 9.33. The van der Waals surface area contributed by atoms with Gasteiger partial charge in [-0.25, -0.2) is 4.39 Å². The summed E-state index contributed by atoms with van der Waals surface area (Å²) in [5, 5.41) is 3.53. The first-order chi connectivity index (χ1) is 12.7. The van der Waals surface area contributed by atoms with Crippen molar-refractivity contribution in [3.63, 3.8) is 0 Å². The molecule has 0 aliphatic rings. The topological polar surface area (TPSA) is 38.3 Å². The van der Waals surface area contributed by atoms with Crippen LogP contribution in [0.4, 0.5) is 4.39 Å². The molecule has 1 rings (SSSR count). The van der Waals surface area contributed by atoms with Gasteiger partial charge in [0.1, 0.15) is 11.6 Å². The van der Waals surface area contributed by atoms with Crippen LogP contribution in [0.3, 0.4) is 0 Å². The lowest BCUT2D eigenvalue weighted by Crippen LogP contribution is -2.20. The van der Waals surface area contributed by atoms with Crippen molar-refractivity contribution in [2.75, 3.05) is 13.7 Å². The number of likely N-dealkylation sites (N-methyl/N-ethyl adjacent to an activating group) is 1. The smallest absolute Gasteiger partial charge is 0.244 e. The maximum absolute atomic E-state index is 14.3. The van der Waals surface area contributed by atoms with Gasteiger partial charge in [0.15, 0.2) is 0 Å². The third-order valence-electron chi connectivity index (χ3n) is 3.75. The van der Waals surface area contributed by atoms with Crippen molar-refractivity contribution in [1.82, 2.24) is 5.32 Å². The second-order valence-corrected chi connectivity index (χ2v) is 6.68. The summed E-state index contributed by atoms with van der Waals surface area (Å²) in [6, 6.07) is 1.67. The van der Waals surface area contributed by atoms with E-state index in [2.05, 4.69) is 5.32 Å². The molecule has 0 fully saturated rings. The van der Waals surface area contributed by atoms with E-state index in [1.807, 2.05) is 13.8 Å². The minimum absolute atomic E-state index is 0.209. The Balaban J connectivity index is 3.03. The third kappa shape index (κ3) is 6.89. The van der Waals surface area contributed by atoms with Crippen molar-refractivity contribution in [3.8, 4) is 5.75 Å². The van der Waals surface area contributed by atoms with Crippen LogP contribution < -0.4 is 10.1 Å². The van der Waals surface area contributed by atoms with E-state index >= 15 is 0 Å². The summed E-state index contributed by atoms with van der Waals surface area (Å²) in [6.07, 6.45) is 7.53. The Bertz CT molecular complexity index is 824.